The van der Waals surface area contributed by atoms with Gasteiger partial charge in [-0.25, -0.2) is 17.8 Å². The summed E-state index contributed by atoms with van der Waals surface area (Å²) in [5, 5.41) is 10.6. The van der Waals surface area contributed by atoms with Crippen molar-refractivity contribution in [3.8, 4) is 0 Å². The van der Waals surface area contributed by atoms with Crippen LogP contribution in [0.1, 0.15) is 19.3 Å². The Morgan fingerprint density at radius 3 is 2.69 bits per heavy atom. The molecule has 1 aromatic carbocycles. The fourth-order valence-corrected chi connectivity index (χ4v) is 5.94. The van der Waals surface area contributed by atoms with E-state index in [2.05, 4.69) is 4.98 Å². The number of morpholine rings is 1. The molecular formula is C20H22ClFN4O5S. The Bertz CT molecular complexity index is 1120. The van der Waals surface area contributed by atoms with E-state index in [-0.39, 0.29) is 22.2 Å². The summed E-state index contributed by atoms with van der Waals surface area (Å²) in [4.78, 5) is 16.6. The van der Waals surface area contributed by atoms with Crippen LogP contribution in [-0.4, -0.2) is 61.0 Å². The van der Waals surface area contributed by atoms with Gasteiger partial charge in [-0.15, -0.1) is 0 Å². The van der Waals surface area contributed by atoms with E-state index in [9.17, 15) is 22.9 Å². The lowest BCUT2D eigenvalue weighted by Gasteiger charge is -2.43. The van der Waals surface area contributed by atoms with Crippen molar-refractivity contribution in [3.63, 3.8) is 0 Å². The first-order chi connectivity index (χ1) is 15.2. The van der Waals surface area contributed by atoms with E-state index in [0.29, 0.717) is 51.3 Å². The molecule has 4 rings (SSSR count). The molecule has 2 aliphatic rings. The van der Waals surface area contributed by atoms with E-state index in [4.69, 9.17) is 16.3 Å². The topological polar surface area (TPSA) is 106 Å². The Balaban J connectivity index is 1.49. The lowest BCUT2D eigenvalue weighted by atomic mass is 9.92. The van der Waals surface area contributed by atoms with Crippen LogP contribution in [0.3, 0.4) is 0 Å². The average Bonchev–Trinajstić information content (AvgIpc) is 2.98. The molecule has 1 atom stereocenters. The number of nitrogens with zero attached hydrogens (tertiary/aromatic N) is 4. The zero-order valence-corrected chi connectivity index (χ0v) is 18.7. The van der Waals surface area contributed by atoms with Crippen molar-refractivity contribution in [1.82, 2.24) is 9.29 Å². The van der Waals surface area contributed by atoms with E-state index < -0.39 is 26.4 Å². The summed E-state index contributed by atoms with van der Waals surface area (Å²) in [7, 11) is -3.82. The lowest BCUT2D eigenvalue weighted by Crippen LogP contribution is -2.52. The number of hydrogen-bond donors (Lipinski definition) is 0. The molecule has 2 aliphatic heterocycles. The zero-order valence-electron chi connectivity index (χ0n) is 17.1. The normalized spacial score (nSPS) is 22.6. The highest BCUT2D eigenvalue weighted by Crippen LogP contribution is 2.34. The predicted molar refractivity (Wildman–Crippen MR) is 116 cm³/mol. The van der Waals surface area contributed by atoms with Gasteiger partial charge in [0.2, 0.25) is 10.0 Å². The molecule has 0 bridgehead atoms. The molecule has 0 aliphatic carbocycles. The van der Waals surface area contributed by atoms with Gasteiger partial charge in [-0.3, -0.25) is 10.1 Å². The third-order valence-electron chi connectivity index (χ3n) is 5.90. The molecule has 0 N–H and O–H groups in total. The minimum Gasteiger partial charge on any atom is -0.371 e. The van der Waals surface area contributed by atoms with Crippen molar-refractivity contribution >= 4 is 33.1 Å². The number of halogens is 2. The SMILES string of the molecule is O=[N+]([O-])c1ccc(N2CCOC3(CCCN(S(=O)(=O)c4ccc(F)c(Cl)c4)CC3)C2)nc1. The van der Waals surface area contributed by atoms with Crippen LogP contribution >= 0.6 is 11.6 Å². The minimum absolute atomic E-state index is 0.0406. The minimum atomic E-state index is -3.82. The van der Waals surface area contributed by atoms with E-state index in [1.165, 1.54) is 22.6 Å². The van der Waals surface area contributed by atoms with E-state index in [1.54, 1.807) is 6.07 Å². The molecule has 1 unspecified atom stereocenters. The second-order valence-electron chi connectivity index (χ2n) is 7.92. The molecule has 3 heterocycles. The summed E-state index contributed by atoms with van der Waals surface area (Å²) in [6.07, 6.45) is 2.96. The first-order valence-electron chi connectivity index (χ1n) is 10.1. The molecule has 172 valence electrons. The quantitative estimate of drug-likeness (QED) is 0.484. The van der Waals surface area contributed by atoms with Crippen molar-refractivity contribution in [2.75, 3.05) is 37.7 Å². The molecule has 2 aromatic rings. The third-order valence-corrected chi connectivity index (χ3v) is 8.09. The maximum Gasteiger partial charge on any atom is 0.287 e. The first kappa shape index (κ1) is 22.8. The summed E-state index contributed by atoms with van der Waals surface area (Å²) < 4.78 is 47.1. The van der Waals surface area contributed by atoms with Gasteiger partial charge in [0.25, 0.3) is 5.69 Å². The predicted octanol–water partition coefficient (Wildman–Crippen LogP) is 3.23. The number of hydrogen-bond acceptors (Lipinski definition) is 7. The maximum absolute atomic E-state index is 13.5. The summed E-state index contributed by atoms with van der Waals surface area (Å²) in [6.45, 7) is 2.10. The maximum atomic E-state index is 13.5. The lowest BCUT2D eigenvalue weighted by molar-refractivity contribution is -0.385. The van der Waals surface area contributed by atoms with Gasteiger partial charge in [0, 0.05) is 32.2 Å². The molecular weight excluding hydrogens is 463 g/mol. The van der Waals surface area contributed by atoms with Gasteiger partial charge in [-0.05, 0) is 43.5 Å². The van der Waals surface area contributed by atoms with Gasteiger partial charge in [-0.1, -0.05) is 11.6 Å². The van der Waals surface area contributed by atoms with Crippen molar-refractivity contribution in [2.24, 2.45) is 0 Å². The summed E-state index contributed by atoms with van der Waals surface area (Å²) >= 11 is 5.78. The van der Waals surface area contributed by atoms with Gasteiger partial charge < -0.3 is 9.64 Å². The van der Waals surface area contributed by atoms with E-state index in [0.717, 1.165) is 12.1 Å². The number of sulfonamides is 1. The van der Waals surface area contributed by atoms with Gasteiger partial charge in [-0.2, -0.15) is 4.31 Å². The zero-order chi connectivity index (χ0) is 22.9. The number of rotatable bonds is 4. The van der Waals surface area contributed by atoms with Crippen LogP contribution in [0.15, 0.2) is 41.4 Å². The van der Waals surface area contributed by atoms with Gasteiger partial charge in [0.15, 0.2) is 0 Å². The molecule has 2 saturated heterocycles. The van der Waals surface area contributed by atoms with E-state index in [1.807, 2.05) is 4.90 Å². The third kappa shape index (κ3) is 4.56. The van der Waals surface area contributed by atoms with Crippen molar-refractivity contribution in [3.05, 3.63) is 57.5 Å². The highest BCUT2D eigenvalue weighted by atomic mass is 35.5. The van der Waals surface area contributed by atoms with Gasteiger partial charge >= 0.3 is 0 Å². The summed E-state index contributed by atoms with van der Waals surface area (Å²) in [5.74, 6) is -0.0519. The fourth-order valence-electron chi connectivity index (χ4n) is 4.19. The Kier molecular flexibility index (Phi) is 6.35. The second kappa shape index (κ2) is 8.89. The molecule has 12 heteroatoms. The van der Waals surface area contributed by atoms with Crippen molar-refractivity contribution < 1.29 is 22.5 Å². The number of nitro groups is 1. The number of aromatic nitrogens is 1. The fraction of sp³-hybridized carbons (Fsp3) is 0.450. The molecule has 9 nitrogen and oxygen atoms in total. The molecule has 2 fully saturated rings. The number of anilines is 1. The second-order valence-corrected chi connectivity index (χ2v) is 10.3. The van der Waals surface area contributed by atoms with Crippen LogP contribution < -0.4 is 4.90 Å². The first-order valence-corrected chi connectivity index (χ1v) is 12.0. The summed E-state index contributed by atoms with van der Waals surface area (Å²) in [5.41, 5.74) is -0.625. The molecule has 1 aromatic heterocycles. The van der Waals surface area contributed by atoms with E-state index >= 15 is 0 Å². The van der Waals surface area contributed by atoms with Crippen LogP contribution in [0, 0.1) is 15.9 Å². The van der Waals surface area contributed by atoms with Gasteiger partial charge in [0.05, 0.1) is 27.0 Å². The van der Waals surface area contributed by atoms with Crippen LogP contribution in [0.5, 0.6) is 0 Å². The van der Waals surface area contributed by atoms with Crippen LogP contribution in [0.4, 0.5) is 15.9 Å². The van der Waals surface area contributed by atoms with Crippen molar-refractivity contribution in [1.29, 1.82) is 0 Å². The monoisotopic (exact) mass is 484 g/mol. The Labute approximate surface area is 189 Å². The number of pyridine rings is 1. The summed E-state index contributed by atoms with van der Waals surface area (Å²) in [6, 6.07) is 6.43. The van der Waals surface area contributed by atoms with Crippen LogP contribution in [0.2, 0.25) is 5.02 Å². The molecule has 0 radical (unpaired) electrons. The Hall–Kier alpha value is -2.34. The Morgan fingerprint density at radius 1 is 1.19 bits per heavy atom. The highest BCUT2D eigenvalue weighted by molar-refractivity contribution is 7.89. The highest BCUT2D eigenvalue weighted by Gasteiger charge is 2.40. The molecule has 0 saturated carbocycles. The average molecular weight is 485 g/mol. The largest absolute Gasteiger partial charge is 0.371 e. The van der Waals surface area contributed by atoms with Gasteiger partial charge in [0.1, 0.15) is 17.8 Å². The Morgan fingerprint density at radius 2 is 2.00 bits per heavy atom. The molecule has 32 heavy (non-hydrogen) atoms. The standard InChI is InChI=1S/C20H22ClFN4O5S/c21-17-12-16(3-4-18(17)22)32(29,30)25-8-1-6-20(7-9-25)14-24(10-11-31-20)19-5-2-15(13-23-19)26(27)28/h2-5,12-13H,1,6-11,14H2. The molecule has 1 spiro atoms. The van der Waals surface area contributed by atoms with Crippen LogP contribution in [0.25, 0.3) is 0 Å². The number of benzene rings is 1. The smallest absolute Gasteiger partial charge is 0.287 e. The number of ether oxygens (including phenoxy) is 1. The molecule has 0 amide bonds. The van der Waals surface area contributed by atoms with Crippen molar-refractivity contribution in [2.45, 2.75) is 29.8 Å². The van der Waals surface area contributed by atoms with Crippen LogP contribution in [-0.2, 0) is 14.8 Å².